The van der Waals surface area contributed by atoms with E-state index in [0.29, 0.717) is 0 Å². The van der Waals surface area contributed by atoms with E-state index in [0.717, 1.165) is 0 Å². The quantitative estimate of drug-likeness (QED) is 0.467. The summed E-state index contributed by atoms with van der Waals surface area (Å²) in [6.45, 7) is 11.5. The molecule has 0 radical (unpaired) electrons. The molecule has 1 N–H and O–H groups in total. The molecular weight excluding hydrogens is 370 g/mol. The van der Waals surface area contributed by atoms with Crippen molar-refractivity contribution in [2.45, 2.75) is 38.6 Å². The van der Waals surface area contributed by atoms with Gasteiger partial charge in [-0.2, -0.15) is 4.31 Å². The molecule has 1 fully saturated rings. The lowest BCUT2D eigenvalue weighted by molar-refractivity contribution is -0.384. The second kappa shape index (κ2) is 7.05. The molecule has 1 aromatic rings. The molecule has 1 aliphatic heterocycles. The molecule has 0 unspecified atom stereocenters. The highest BCUT2D eigenvalue weighted by Gasteiger charge is 2.50. The lowest BCUT2D eigenvalue weighted by atomic mass is 9.67. The average Bonchev–Trinajstić information content (AvgIpc) is 2.57. The van der Waals surface area contributed by atoms with Crippen molar-refractivity contribution in [3.63, 3.8) is 0 Å². The number of nitro benzene ring substituents is 1. The van der Waals surface area contributed by atoms with Gasteiger partial charge in [0, 0.05) is 31.3 Å². The van der Waals surface area contributed by atoms with Crippen LogP contribution in [0.5, 0.6) is 0 Å². The van der Waals surface area contributed by atoms with E-state index in [-0.39, 0.29) is 35.6 Å². The van der Waals surface area contributed by atoms with Crippen molar-refractivity contribution in [3.8, 4) is 0 Å². The van der Waals surface area contributed by atoms with E-state index in [9.17, 15) is 23.3 Å². The maximum atomic E-state index is 13.1. The molecule has 27 heavy (non-hydrogen) atoms. The molecular formula is C18H25N3O5S. The predicted molar refractivity (Wildman–Crippen MR) is 102 cm³/mol. The molecule has 0 spiro atoms. The monoisotopic (exact) mass is 395 g/mol. The van der Waals surface area contributed by atoms with Crippen molar-refractivity contribution in [1.82, 2.24) is 9.62 Å². The highest BCUT2D eigenvalue weighted by Crippen LogP contribution is 2.42. The molecule has 1 aromatic carbocycles. The van der Waals surface area contributed by atoms with Crippen molar-refractivity contribution in [1.29, 1.82) is 0 Å². The topological polar surface area (TPSA) is 110 Å². The molecule has 8 nitrogen and oxygen atoms in total. The number of nitrogens with zero attached hydrogens (tertiary/aromatic N) is 2. The zero-order valence-corrected chi connectivity index (χ0v) is 16.7. The van der Waals surface area contributed by atoms with Crippen LogP contribution in [0.15, 0.2) is 41.8 Å². The largest absolute Gasteiger partial charge is 0.349 e. The lowest BCUT2D eigenvalue weighted by Crippen LogP contribution is -2.64. The summed E-state index contributed by atoms with van der Waals surface area (Å²) >= 11 is 0. The van der Waals surface area contributed by atoms with Gasteiger partial charge < -0.3 is 5.32 Å². The van der Waals surface area contributed by atoms with Crippen LogP contribution in [0.25, 0.3) is 0 Å². The number of rotatable bonds is 5. The Morgan fingerprint density at radius 1 is 1.22 bits per heavy atom. The molecule has 0 aliphatic carbocycles. The van der Waals surface area contributed by atoms with Crippen molar-refractivity contribution in [2.75, 3.05) is 13.1 Å². The Hall–Kier alpha value is -2.26. The van der Waals surface area contributed by atoms with Crippen molar-refractivity contribution in [2.24, 2.45) is 10.8 Å². The number of nitrogens with one attached hydrogen (secondary N) is 1. The minimum atomic E-state index is -3.83. The van der Waals surface area contributed by atoms with E-state index < -0.39 is 25.8 Å². The van der Waals surface area contributed by atoms with Gasteiger partial charge in [0.15, 0.2) is 0 Å². The Morgan fingerprint density at radius 2 is 1.70 bits per heavy atom. The first-order valence-electron chi connectivity index (χ1n) is 8.49. The number of hydrogen-bond acceptors (Lipinski definition) is 5. The minimum Gasteiger partial charge on any atom is -0.349 e. The summed E-state index contributed by atoms with van der Waals surface area (Å²) in [5.74, 6) is -0.298. The van der Waals surface area contributed by atoms with E-state index in [4.69, 9.17) is 0 Å². The summed E-state index contributed by atoms with van der Waals surface area (Å²) in [5.41, 5.74) is -1.23. The zero-order valence-electron chi connectivity index (χ0n) is 15.9. The van der Waals surface area contributed by atoms with Crippen LogP contribution in [-0.4, -0.2) is 42.7 Å². The van der Waals surface area contributed by atoms with E-state index in [1.54, 1.807) is 0 Å². The molecule has 2 rings (SSSR count). The first-order chi connectivity index (χ1) is 12.3. The van der Waals surface area contributed by atoms with Gasteiger partial charge in [-0.15, -0.1) is 0 Å². The molecule has 0 bridgehead atoms. The van der Waals surface area contributed by atoms with Crippen LogP contribution < -0.4 is 5.32 Å². The average molecular weight is 395 g/mol. The number of carbonyl (C=O) groups is 1. The van der Waals surface area contributed by atoms with E-state index in [1.165, 1.54) is 34.6 Å². The molecule has 1 aliphatic rings. The zero-order chi connectivity index (χ0) is 20.6. The molecule has 9 heteroatoms. The third kappa shape index (κ3) is 4.19. The second-order valence-corrected chi connectivity index (χ2v) is 10.1. The third-order valence-electron chi connectivity index (χ3n) is 4.89. The number of amides is 1. The fraction of sp³-hybridized carbons (Fsp3) is 0.500. The van der Waals surface area contributed by atoms with Gasteiger partial charge in [-0.3, -0.25) is 14.9 Å². The van der Waals surface area contributed by atoms with Crippen LogP contribution >= 0.6 is 0 Å². The summed E-state index contributed by atoms with van der Waals surface area (Å²) in [7, 11) is -3.83. The van der Waals surface area contributed by atoms with E-state index >= 15 is 0 Å². The molecule has 0 saturated carbocycles. The number of sulfonamides is 1. The number of carbonyl (C=O) groups excluding carboxylic acids is 1. The van der Waals surface area contributed by atoms with Crippen LogP contribution in [-0.2, 0) is 14.8 Å². The third-order valence-corrected chi connectivity index (χ3v) is 6.69. The van der Waals surface area contributed by atoms with Gasteiger partial charge in [-0.05, 0) is 29.0 Å². The summed E-state index contributed by atoms with van der Waals surface area (Å²) in [4.78, 5) is 22.0. The summed E-state index contributed by atoms with van der Waals surface area (Å²) < 4.78 is 27.5. The molecule has 1 heterocycles. The number of non-ortho nitro benzene ring substituents is 1. The number of nitro groups is 1. The lowest BCUT2D eigenvalue weighted by Gasteiger charge is -2.52. The first kappa shape index (κ1) is 21.0. The van der Waals surface area contributed by atoms with Gasteiger partial charge in [0.1, 0.15) is 0 Å². The number of hydrogen-bond donors (Lipinski definition) is 1. The maximum absolute atomic E-state index is 13.1. The molecule has 1 amide bonds. The molecule has 0 aromatic heterocycles. The molecule has 0 atom stereocenters. The highest BCUT2D eigenvalue weighted by atomic mass is 32.2. The van der Waals surface area contributed by atoms with Gasteiger partial charge in [0.2, 0.25) is 15.9 Å². The minimum absolute atomic E-state index is 0.00766. The SMILES string of the molecule is C=CC(=O)NC1C(C)(C)CN(S(=O)(=O)c2ccc([N+](=O)[O-])cc2)CC1(C)C. The summed E-state index contributed by atoms with van der Waals surface area (Å²) in [5, 5.41) is 13.7. The van der Waals surface area contributed by atoms with Crippen LogP contribution in [0.3, 0.4) is 0 Å². The van der Waals surface area contributed by atoms with Crippen LogP contribution in [0.1, 0.15) is 27.7 Å². The fourth-order valence-corrected chi connectivity index (χ4v) is 5.64. The highest BCUT2D eigenvalue weighted by molar-refractivity contribution is 7.89. The Kier molecular flexibility index (Phi) is 5.49. The fourth-order valence-electron chi connectivity index (χ4n) is 3.86. The van der Waals surface area contributed by atoms with Crippen molar-refractivity contribution < 1.29 is 18.1 Å². The van der Waals surface area contributed by atoms with E-state index in [2.05, 4.69) is 11.9 Å². The standard InChI is InChI=1S/C18H25N3O5S/c1-6-15(22)19-16-17(2,3)11-20(12-18(16,4)5)27(25,26)14-9-7-13(8-10-14)21(23)24/h6-10,16H,1,11-12H2,2-5H3,(H,19,22). The normalized spacial score (nSPS) is 20.0. The van der Waals surface area contributed by atoms with Crippen molar-refractivity contribution >= 4 is 21.6 Å². The van der Waals surface area contributed by atoms with Crippen molar-refractivity contribution in [3.05, 3.63) is 47.0 Å². The number of benzene rings is 1. The number of piperidine rings is 1. The van der Waals surface area contributed by atoms with Crippen LogP contribution in [0.2, 0.25) is 0 Å². The smallest absolute Gasteiger partial charge is 0.269 e. The summed E-state index contributed by atoms with van der Waals surface area (Å²) in [6, 6.07) is 4.61. The van der Waals surface area contributed by atoms with Crippen LogP contribution in [0.4, 0.5) is 5.69 Å². The second-order valence-electron chi connectivity index (χ2n) is 8.15. The van der Waals surface area contributed by atoms with E-state index in [1.807, 2.05) is 27.7 Å². The Labute approximate surface area is 159 Å². The Bertz CT molecular complexity index is 841. The maximum Gasteiger partial charge on any atom is 0.269 e. The van der Waals surface area contributed by atoms with Gasteiger partial charge in [-0.1, -0.05) is 34.3 Å². The molecule has 1 saturated heterocycles. The van der Waals surface area contributed by atoms with Crippen LogP contribution in [0, 0.1) is 20.9 Å². The molecule has 148 valence electrons. The van der Waals surface area contributed by atoms with Gasteiger partial charge >= 0.3 is 0 Å². The Morgan fingerprint density at radius 3 is 2.11 bits per heavy atom. The van der Waals surface area contributed by atoms with Gasteiger partial charge in [0.25, 0.3) is 5.69 Å². The predicted octanol–water partition coefficient (Wildman–Crippen LogP) is 2.32. The first-order valence-corrected chi connectivity index (χ1v) is 9.93. The summed E-state index contributed by atoms with van der Waals surface area (Å²) in [6.07, 6.45) is 1.20. The Balaban J connectivity index is 2.36. The van der Waals surface area contributed by atoms with Gasteiger partial charge in [0.05, 0.1) is 9.82 Å². The van der Waals surface area contributed by atoms with Gasteiger partial charge in [-0.25, -0.2) is 8.42 Å².